The quantitative estimate of drug-likeness (QED) is 0.721. The number of para-hydroxylation sites is 2. The smallest absolute Gasteiger partial charge is 0.224 e. The second-order valence-electron chi connectivity index (χ2n) is 7.73. The molecular formula is C24H31N3O2. The van der Waals surface area contributed by atoms with Crippen LogP contribution in [-0.4, -0.2) is 49.3 Å². The van der Waals surface area contributed by atoms with E-state index in [-0.39, 0.29) is 24.5 Å². The molecule has 0 unspecified atom stereocenters. The van der Waals surface area contributed by atoms with E-state index in [4.69, 9.17) is 0 Å². The first-order valence-corrected chi connectivity index (χ1v) is 10.4. The average molecular weight is 394 g/mol. The van der Waals surface area contributed by atoms with Gasteiger partial charge in [0, 0.05) is 44.6 Å². The molecule has 5 heteroatoms. The van der Waals surface area contributed by atoms with Crippen molar-refractivity contribution >= 4 is 23.1 Å². The van der Waals surface area contributed by atoms with Gasteiger partial charge < -0.3 is 15.1 Å². The van der Waals surface area contributed by atoms with Gasteiger partial charge in [-0.25, -0.2) is 0 Å². The lowest BCUT2D eigenvalue weighted by molar-refractivity contribution is -0.116. The first-order chi connectivity index (χ1) is 14.0. The fourth-order valence-electron chi connectivity index (χ4n) is 3.77. The molecule has 1 aliphatic heterocycles. The monoisotopic (exact) mass is 393 g/mol. The van der Waals surface area contributed by atoms with E-state index in [9.17, 15) is 9.59 Å². The van der Waals surface area contributed by atoms with Gasteiger partial charge in [-0.05, 0) is 44.2 Å². The second kappa shape index (κ2) is 9.70. The maximum atomic E-state index is 12.6. The predicted molar refractivity (Wildman–Crippen MR) is 119 cm³/mol. The fourth-order valence-corrected chi connectivity index (χ4v) is 3.77. The summed E-state index contributed by atoms with van der Waals surface area (Å²) in [7, 11) is 0. The van der Waals surface area contributed by atoms with Crippen molar-refractivity contribution in [1.29, 1.82) is 0 Å². The SMILES string of the molecule is CCN1CCN(c2ccccc2NC(=O)CCC(=O)c2cc(C)ccc2C)CC1. The van der Waals surface area contributed by atoms with Crippen LogP contribution in [0, 0.1) is 13.8 Å². The predicted octanol–water partition coefficient (Wildman–Crippen LogP) is 4.05. The number of anilines is 2. The van der Waals surface area contributed by atoms with Crippen molar-refractivity contribution in [2.75, 3.05) is 42.9 Å². The van der Waals surface area contributed by atoms with Crippen molar-refractivity contribution in [3.05, 3.63) is 59.2 Å². The third-order valence-corrected chi connectivity index (χ3v) is 5.61. The summed E-state index contributed by atoms with van der Waals surface area (Å²) in [5.41, 5.74) is 4.60. The van der Waals surface area contributed by atoms with Gasteiger partial charge in [-0.1, -0.05) is 36.8 Å². The van der Waals surface area contributed by atoms with Crippen molar-refractivity contribution in [2.45, 2.75) is 33.6 Å². The molecule has 0 atom stereocenters. The Labute approximate surface area is 173 Å². The highest BCUT2D eigenvalue weighted by molar-refractivity contribution is 6.01. The number of aryl methyl sites for hydroxylation is 2. The highest BCUT2D eigenvalue weighted by atomic mass is 16.2. The normalized spacial score (nSPS) is 14.7. The number of piperazine rings is 1. The van der Waals surface area contributed by atoms with Crippen LogP contribution >= 0.6 is 0 Å². The molecule has 0 spiro atoms. The number of carbonyl (C=O) groups is 2. The first-order valence-electron chi connectivity index (χ1n) is 10.4. The number of Topliss-reactive ketones (excluding diaryl/α,β-unsaturated/α-hetero) is 1. The number of likely N-dealkylation sites (N-methyl/N-ethyl adjacent to an activating group) is 1. The number of nitrogens with one attached hydrogen (secondary N) is 1. The van der Waals surface area contributed by atoms with Gasteiger partial charge in [-0.3, -0.25) is 9.59 Å². The summed E-state index contributed by atoms with van der Waals surface area (Å²) < 4.78 is 0. The van der Waals surface area contributed by atoms with Crippen LogP contribution in [0.25, 0.3) is 0 Å². The van der Waals surface area contributed by atoms with E-state index in [1.54, 1.807) is 0 Å². The van der Waals surface area contributed by atoms with Crippen LogP contribution in [0.5, 0.6) is 0 Å². The number of nitrogens with zero attached hydrogens (tertiary/aromatic N) is 2. The number of rotatable bonds is 7. The minimum Gasteiger partial charge on any atom is -0.367 e. The van der Waals surface area contributed by atoms with Crippen molar-refractivity contribution in [2.24, 2.45) is 0 Å². The molecule has 0 aliphatic carbocycles. The summed E-state index contributed by atoms with van der Waals surface area (Å²) in [6.07, 6.45) is 0.400. The van der Waals surface area contributed by atoms with Crippen LogP contribution in [-0.2, 0) is 4.79 Å². The van der Waals surface area contributed by atoms with E-state index in [1.807, 2.05) is 50.2 Å². The van der Waals surface area contributed by atoms with Gasteiger partial charge in [0.2, 0.25) is 5.91 Å². The van der Waals surface area contributed by atoms with Crippen LogP contribution in [0.3, 0.4) is 0 Å². The van der Waals surface area contributed by atoms with Crippen molar-refractivity contribution in [3.8, 4) is 0 Å². The van der Waals surface area contributed by atoms with Gasteiger partial charge in [0.1, 0.15) is 0 Å². The van der Waals surface area contributed by atoms with Crippen molar-refractivity contribution in [1.82, 2.24) is 4.90 Å². The maximum Gasteiger partial charge on any atom is 0.224 e. The molecule has 2 aromatic rings. The number of amides is 1. The van der Waals surface area contributed by atoms with Crippen LogP contribution < -0.4 is 10.2 Å². The van der Waals surface area contributed by atoms with Crippen LogP contribution in [0.4, 0.5) is 11.4 Å². The molecule has 1 amide bonds. The van der Waals surface area contributed by atoms with E-state index < -0.39 is 0 Å². The highest BCUT2D eigenvalue weighted by Gasteiger charge is 2.19. The Morgan fingerprint density at radius 3 is 2.41 bits per heavy atom. The zero-order valence-corrected chi connectivity index (χ0v) is 17.7. The van der Waals surface area contributed by atoms with E-state index in [0.29, 0.717) is 5.56 Å². The summed E-state index contributed by atoms with van der Waals surface area (Å²) >= 11 is 0. The number of hydrogen-bond acceptors (Lipinski definition) is 4. The molecule has 1 aliphatic rings. The molecule has 5 nitrogen and oxygen atoms in total. The molecule has 1 N–H and O–H groups in total. The summed E-state index contributed by atoms with van der Waals surface area (Å²) in [6.45, 7) is 11.1. The lowest BCUT2D eigenvalue weighted by Gasteiger charge is -2.36. The summed E-state index contributed by atoms with van der Waals surface area (Å²) in [5, 5.41) is 3.02. The number of carbonyl (C=O) groups excluding carboxylic acids is 2. The minimum absolute atomic E-state index is 0.0188. The van der Waals surface area contributed by atoms with Crippen molar-refractivity contribution in [3.63, 3.8) is 0 Å². The molecule has 1 saturated heterocycles. The molecule has 29 heavy (non-hydrogen) atoms. The fraction of sp³-hybridized carbons (Fsp3) is 0.417. The Morgan fingerprint density at radius 2 is 1.69 bits per heavy atom. The third kappa shape index (κ3) is 5.45. The molecule has 3 rings (SSSR count). The molecule has 0 radical (unpaired) electrons. The zero-order valence-electron chi connectivity index (χ0n) is 17.7. The molecule has 0 aromatic heterocycles. The number of hydrogen-bond donors (Lipinski definition) is 1. The lowest BCUT2D eigenvalue weighted by Crippen LogP contribution is -2.46. The van der Waals surface area contributed by atoms with Gasteiger partial charge in [-0.15, -0.1) is 0 Å². The molecule has 0 bridgehead atoms. The van der Waals surface area contributed by atoms with Crippen LogP contribution in [0.15, 0.2) is 42.5 Å². The summed E-state index contributed by atoms with van der Waals surface area (Å²) in [6, 6.07) is 13.8. The molecular weight excluding hydrogens is 362 g/mol. The average Bonchev–Trinajstić information content (AvgIpc) is 2.74. The third-order valence-electron chi connectivity index (χ3n) is 5.61. The van der Waals surface area contributed by atoms with E-state index in [1.165, 1.54) is 0 Å². The zero-order chi connectivity index (χ0) is 20.8. The topological polar surface area (TPSA) is 52.6 Å². The molecule has 1 fully saturated rings. The number of benzene rings is 2. The van der Waals surface area contributed by atoms with Gasteiger partial charge in [-0.2, -0.15) is 0 Å². The van der Waals surface area contributed by atoms with Crippen LogP contribution in [0.2, 0.25) is 0 Å². The Kier molecular flexibility index (Phi) is 7.04. The standard InChI is InChI=1S/C24H31N3O2/c1-4-26-13-15-27(16-14-26)22-8-6-5-7-21(22)25-24(29)12-11-23(28)20-17-18(2)9-10-19(20)3/h5-10,17H,4,11-16H2,1-3H3,(H,25,29). The molecule has 1 heterocycles. The minimum atomic E-state index is -0.122. The Morgan fingerprint density at radius 1 is 0.966 bits per heavy atom. The van der Waals surface area contributed by atoms with Gasteiger partial charge in [0.25, 0.3) is 0 Å². The van der Waals surface area contributed by atoms with E-state index >= 15 is 0 Å². The molecule has 2 aromatic carbocycles. The van der Waals surface area contributed by atoms with E-state index in [2.05, 4.69) is 28.1 Å². The lowest BCUT2D eigenvalue weighted by atomic mass is 9.99. The van der Waals surface area contributed by atoms with Gasteiger partial charge >= 0.3 is 0 Å². The maximum absolute atomic E-state index is 12.6. The molecule has 154 valence electrons. The van der Waals surface area contributed by atoms with Gasteiger partial charge in [0.05, 0.1) is 11.4 Å². The van der Waals surface area contributed by atoms with Crippen LogP contribution in [0.1, 0.15) is 41.3 Å². The highest BCUT2D eigenvalue weighted by Crippen LogP contribution is 2.27. The summed E-state index contributed by atoms with van der Waals surface area (Å²) in [5.74, 6) is -0.103. The summed E-state index contributed by atoms with van der Waals surface area (Å²) in [4.78, 5) is 29.8. The molecule has 0 saturated carbocycles. The van der Waals surface area contributed by atoms with Gasteiger partial charge in [0.15, 0.2) is 5.78 Å². The second-order valence-corrected chi connectivity index (χ2v) is 7.73. The Balaban J connectivity index is 1.60. The first kappa shape index (κ1) is 21.1. The Hall–Kier alpha value is -2.66. The van der Waals surface area contributed by atoms with E-state index in [0.717, 1.165) is 55.2 Å². The number of ketones is 1. The Bertz CT molecular complexity index is 870. The largest absolute Gasteiger partial charge is 0.367 e. The van der Waals surface area contributed by atoms with Crippen molar-refractivity contribution < 1.29 is 9.59 Å².